The Morgan fingerprint density at radius 2 is 1.87 bits per heavy atom. The summed E-state index contributed by atoms with van der Waals surface area (Å²) in [7, 11) is 5.50. The van der Waals surface area contributed by atoms with Crippen LogP contribution in [0.5, 0.6) is 0 Å². The van der Waals surface area contributed by atoms with Crippen molar-refractivity contribution in [3.63, 3.8) is 0 Å². The summed E-state index contributed by atoms with van der Waals surface area (Å²) in [6, 6.07) is 5.46. The number of Topliss-reactive ketones (excluding diaryl/α,β-unsaturated/α-hetero) is 2. The Morgan fingerprint density at radius 1 is 1.27 bits per heavy atom. The number of carbonyl (C=O) groups is 2. The molecule has 15 heavy (non-hydrogen) atoms. The minimum Gasteiger partial charge on any atom is -0.300 e. The van der Waals surface area contributed by atoms with Crippen molar-refractivity contribution in [2.75, 3.05) is 0 Å². The molecule has 0 spiro atoms. The molecule has 0 aliphatic rings. The molecule has 0 N–H and O–H groups in total. The lowest BCUT2D eigenvalue weighted by Crippen LogP contribution is -2.17. The van der Waals surface area contributed by atoms with Gasteiger partial charge in [-0.3, -0.25) is 4.79 Å². The highest BCUT2D eigenvalue weighted by Gasteiger charge is 2.19. The van der Waals surface area contributed by atoms with E-state index in [1.165, 1.54) is 6.92 Å². The van der Waals surface area contributed by atoms with Crippen molar-refractivity contribution < 1.29 is 9.59 Å². The molecule has 3 heteroatoms. The molecule has 1 aromatic carbocycles. The van der Waals surface area contributed by atoms with Gasteiger partial charge in [0.25, 0.3) is 0 Å². The summed E-state index contributed by atoms with van der Waals surface area (Å²) in [5.74, 6) is -1.65. The summed E-state index contributed by atoms with van der Waals surface area (Å²) >= 11 is 0. The van der Waals surface area contributed by atoms with E-state index in [1.807, 2.05) is 26.0 Å². The average Bonchev–Trinajstić information content (AvgIpc) is 2.15. The van der Waals surface area contributed by atoms with E-state index in [9.17, 15) is 9.59 Å². The average molecular weight is 200 g/mol. The van der Waals surface area contributed by atoms with Gasteiger partial charge in [0.2, 0.25) is 0 Å². The molecule has 1 rings (SSSR count). The van der Waals surface area contributed by atoms with Crippen molar-refractivity contribution in [3.8, 4) is 0 Å². The largest absolute Gasteiger partial charge is 0.300 e. The van der Waals surface area contributed by atoms with Gasteiger partial charge in [0.15, 0.2) is 5.78 Å². The summed E-state index contributed by atoms with van der Waals surface area (Å²) in [5, 5.41) is 0. The summed E-state index contributed by atoms with van der Waals surface area (Å²) in [5.41, 5.74) is 2.47. The third-order valence-electron chi connectivity index (χ3n) is 2.37. The first-order chi connectivity index (χ1) is 6.93. The molecule has 2 radical (unpaired) electrons. The van der Waals surface area contributed by atoms with Crippen LogP contribution in [0.3, 0.4) is 0 Å². The van der Waals surface area contributed by atoms with Crippen LogP contribution in [0.2, 0.25) is 5.82 Å². The molecule has 0 saturated heterocycles. The van der Waals surface area contributed by atoms with Crippen LogP contribution < -0.4 is 0 Å². The topological polar surface area (TPSA) is 34.1 Å². The monoisotopic (exact) mass is 200 g/mol. The normalized spacial score (nSPS) is 12.2. The number of carbonyl (C=O) groups excluding carboxylic acids is 2. The van der Waals surface area contributed by atoms with Gasteiger partial charge in [-0.2, -0.15) is 0 Å². The van der Waals surface area contributed by atoms with Crippen molar-refractivity contribution in [1.29, 1.82) is 0 Å². The summed E-state index contributed by atoms with van der Waals surface area (Å²) in [4.78, 5) is 22.8. The van der Waals surface area contributed by atoms with Gasteiger partial charge in [-0.25, -0.2) is 0 Å². The summed E-state index contributed by atoms with van der Waals surface area (Å²) < 4.78 is 0. The van der Waals surface area contributed by atoms with Gasteiger partial charge in [0.05, 0.1) is 7.85 Å². The van der Waals surface area contributed by atoms with Crippen LogP contribution in [-0.4, -0.2) is 19.4 Å². The van der Waals surface area contributed by atoms with Gasteiger partial charge < -0.3 is 4.79 Å². The van der Waals surface area contributed by atoms with Gasteiger partial charge in [-0.15, -0.1) is 0 Å². The lowest BCUT2D eigenvalue weighted by molar-refractivity contribution is -0.116. The van der Waals surface area contributed by atoms with Crippen LogP contribution in [-0.2, 0) is 4.79 Å². The fraction of sp³-hybridized carbons (Fsp3) is 0.333. The van der Waals surface area contributed by atoms with E-state index in [0.717, 1.165) is 11.1 Å². The van der Waals surface area contributed by atoms with Crippen LogP contribution in [0.4, 0.5) is 0 Å². The van der Waals surface area contributed by atoms with E-state index in [-0.39, 0.29) is 11.6 Å². The maximum Gasteiger partial charge on any atom is 0.164 e. The van der Waals surface area contributed by atoms with Crippen LogP contribution in [0.15, 0.2) is 18.2 Å². The molecule has 0 saturated carbocycles. The summed E-state index contributed by atoms with van der Waals surface area (Å²) in [6.45, 7) is 5.12. The Bertz CT molecular complexity index is 410. The highest BCUT2D eigenvalue weighted by atomic mass is 16.1. The second kappa shape index (κ2) is 4.43. The molecule has 76 valence electrons. The van der Waals surface area contributed by atoms with E-state index in [4.69, 9.17) is 7.85 Å². The predicted octanol–water partition coefficient (Wildman–Crippen LogP) is 2.03. The van der Waals surface area contributed by atoms with Crippen molar-refractivity contribution >= 4 is 19.4 Å². The maximum atomic E-state index is 11.8. The molecular formula is C12H13BO2. The zero-order valence-electron chi connectivity index (χ0n) is 9.20. The Balaban J connectivity index is 3.07. The minimum atomic E-state index is -1.04. The molecular weight excluding hydrogens is 187 g/mol. The molecule has 0 amide bonds. The third-order valence-corrected chi connectivity index (χ3v) is 2.37. The Hall–Kier alpha value is -1.38. The Labute approximate surface area is 91.1 Å². The highest BCUT2D eigenvalue weighted by molar-refractivity contribution is 6.39. The number of ketones is 2. The number of hydrogen-bond acceptors (Lipinski definition) is 2. The Kier molecular flexibility index (Phi) is 3.45. The second-order valence-electron chi connectivity index (χ2n) is 3.77. The minimum absolute atomic E-state index is 0.306. The smallest absolute Gasteiger partial charge is 0.164 e. The van der Waals surface area contributed by atoms with Crippen molar-refractivity contribution in [1.82, 2.24) is 0 Å². The van der Waals surface area contributed by atoms with E-state index >= 15 is 0 Å². The number of aryl methyl sites for hydroxylation is 2. The zero-order valence-corrected chi connectivity index (χ0v) is 9.20. The van der Waals surface area contributed by atoms with Crippen molar-refractivity contribution in [2.24, 2.45) is 0 Å². The van der Waals surface area contributed by atoms with Crippen molar-refractivity contribution in [3.05, 3.63) is 34.9 Å². The number of rotatable bonds is 3. The van der Waals surface area contributed by atoms with Gasteiger partial charge in [-0.1, -0.05) is 23.8 Å². The van der Waals surface area contributed by atoms with E-state index in [2.05, 4.69) is 0 Å². The van der Waals surface area contributed by atoms with Crippen LogP contribution in [0.25, 0.3) is 0 Å². The van der Waals surface area contributed by atoms with Crippen LogP contribution in [0.1, 0.15) is 28.4 Å². The summed E-state index contributed by atoms with van der Waals surface area (Å²) in [6.07, 6.45) is 0. The number of hydrogen-bond donors (Lipinski definition) is 0. The van der Waals surface area contributed by atoms with E-state index in [1.54, 1.807) is 6.07 Å². The van der Waals surface area contributed by atoms with Crippen LogP contribution >= 0.6 is 0 Å². The first kappa shape index (κ1) is 11.7. The quantitative estimate of drug-likeness (QED) is 0.425. The second-order valence-corrected chi connectivity index (χ2v) is 3.77. The van der Waals surface area contributed by atoms with E-state index < -0.39 is 5.82 Å². The standard InChI is InChI=1S/C12H13BO2/c1-7-4-5-10(8(2)6-7)12(15)11(13)9(3)14/h4-6,11H,1-3H3. The first-order valence-electron chi connectivity index (χ1n) is 4.81. The highest BCUT2D eigenvalue weighted by Crippen LogP contribution is 2.17. The molecule has 0 aliphatic heterocycles. The van der Waals surface area contributed by atoms with Crippen LogP contribution in [0, 0.1) is 13.8 Å². The van der Waals surface area contributed by atoms with Gasteiger partial charge in [0, 0.05) is 11.4 Å². The fourth-order valence-corrected chi connectivity index (χ4v) is 1.44. The fourth-order valence-electron chi connectivity index (χ4n) is 1.44. The van der Waals surface area contributed by atoms with Crippen molar-refractivity contribution in [2.45, 2.75) is 26.6 Å². The molecule has 0 heterocycles. The maximum absolute atomic E-state index is 11.8. The predicted molar refractivity (Wildman–Crippen MR) is 60.4 cm³/mol. The molecule has 0 fully saturated rings. The molecule has 1 unspecified atom stereocenters. The lowest BCUT2D eigenvalue weighted by atomic mass is 9.77. The molecule has 0 aromatic heterocycles. The van der Waals surface area contributed by atoms with Gasteiger partial charge >= 0.3 is 0 Å². The molecule has 0 aliphatic carbocycles. The first-order valence-corrected chi connectivity index (χ1v) is 4.81. The lowest BCUT2D eigenvalue weighted by Gasteiger charge is -2.10. The van der Waals surface area contributed by atoms with Gasteiger partial charge in [0.1, 0.15) is 5.78 Å². The Morgan fingerprint density at radius 3 is 2.33 bits per heavy atom. The van der Waals surface area contributed by atoms with Gasteiger partial charge in [-0.05, 0) is 26.3 Å². The molecule has 2 nitrogen and oxygen atoms in total. The van der Waals surface area contributed by atoms with E-state index in [0.29, 0.717) is 5.56 Å². The zero-order chi connectivity index (χ0) is 11.6. The molecule has 1 aromatic rings. The third kappa shape index (κ3) is 2.55. The SMILES string of the molecule is [B]C(C(C)=O)C(=O)c1ccc(C)cc1C. The molecule has 1 atom stereocenters. The number of benzene rings is 1. The molecule has 0 bridgehead atoms.